The number of rotatable bonds is 4. The molecular weight excluding hydrogens is 284 g/mol. The van der Waals surface area contributed by atoms with Crippen molar-refractivity contribution in [1.29, 1.82) is 0 Å². The van der Waals surface area contributed by atoms with Crippen LogP contribution in [0.5, 0.6) is 0 Å². The highest BCUT2D eigenvalue weighted by Crippen LogP contribution is 2.11. The van der Waals surface area contributed by atoms with E-state index >= 15 is 0 Å². The van der Waals surface area contributed by atoms with E-state index in [4.69, 9.17) is 9.15 Å². The number of benzene rings is 1. The lowest BCUT2D eigenvalue weighted by Gasteiger charge is -2.23. The highest BCUT2D eigenvalue weighted by molar-refractivity contribution is 5.93. The largest absolute Gasteiger partial charge is 0.451 e. The zero-order valence-electron chi connectivity index (χ0n) is 12.3. The van der Waals surface area contributed by atoms with Gasteiger partial charge in [0.25, 0.3) is 5.91 Å². The normalized spacial score (nSPS) is 15.8. The van der Waals surface area contributed by atoms with Crippen molar-refractivity contribution >= 4 is 16.9 Å². The minimum absolute atomic E-state index is 0.0562. The Kier molecular flexibility index (Phi) is 4.50. The molecule has 1 aliphatic rings. The SMILES string of the molecule is O=C(NCC[NH+]1CCOCC1)c1cc(=O)c2ccccc2o1. The molecule has 6 nitrogen and oxygen atoms in total. The molecule has 0 saturated carbocycles. The van der Waals surface area contributed by atoms with Gasteiger partial charge in [-0.2, -0.15) is 0 Å². The van der Waals surface area contributed by atoms with E-state index in [1.165, 1.54) is 11.0 Å². The van der Waals surface area contributed by atoms with Crippen LogP contribution in [0.15, 0.2) is 39.5 Å². The lowest BCUT2D eigenvalue weighted by molar-refractivity contribution is -0.906. The summed E-state index contributed by atoms with van der Waals surface area (Å²) in [5, 5.41) is 3.29. The topological polar surface area (TPSA) is 73.0 Å². The first-order valence-electron chi connectivity index (χ1n) is 7.46. The van der Waals surface area contributed by atoms with Crippen molar-refractivity contribution in [2.75, 3.05) is 39.4 Å². The van der Waals surface area contributed by atoms with E-state index in [9.17, 15) is 9.59 Å². The maximum absolute atomic E-state index is 12.1. The average molecular weight is 303 g/mol. The predicted octanol–water partition coefficient (Wildman–Crippen LogP) is -0.562. The molecule has 1 fully saturated rings. The molecule has 1 aromatic carbocycles. The fraction of sp³-hybridized carbons (Fsp3) is 0.375. The summed E-state index contributed by atoms with van der Waals surface area (Å²) >= 11 is 0. The molecule has 0 radical (unpaired) electrons. The third-order valence-electron chi connectivity index (χ3n) is 3.82. The van der Waals surface area contributed by atoms with Gasteiger partial charge in [0.1, 0.15) is 18.7 Å². The smallest absolute Gasteiger partial charge is 0.287 e. The quantitative estimate of drug-likeness (QED) is 0.794. The van der Waals surface area contributed by atoms with Gasteiger partial charge in [-0.3, -0.25) is 9.59 Å². The van der Waals surface area contributed by atoms with E-state index in [-0.39, 0.29) is 17.1 Å². The van der Waals surface area contributed by atoms with Gasteiger partial charge in [-0.1, -0.05) is 12.1 Å². The Bertz CT molecular complexity index is 719. The molecule has 0 bridgehead atoms. The summed E-state index contributed by atoms with van der Waals surface area (Å²) < 4.78 is 10.8. The molecule has 2 N–H and O–H groups in total. The second-order valence-electron chi connectivity index (χ2n) is 5.34. The third-order valence-corrected chi connectivity index (χ3v) is 3.82. The van der Waals surface area contributed by atoms with Gasteiger partial charge in [-0.25, -0.2) is 0 Å². The van der Waals surface area contributed by atoms with Crippen molar-refractivity contribution in [3.63, 3.8) is 0 Å². The lowest BCUT2D eigenvalue weighted by Crippen LogP contribution is -3.14. The molecule has 0 aliphatic carbocycles. The molecule has 1 aliphatic heterocycles. The summed E-state index contributed by atoms with van der Waals surface area (Å²) in [5.74, 6) is -0.295. The molecule has 1 amide bonds. The fourth-order valence-electron chi connectivity index (χ4n) is 2.57. The van der Waals surface area contributed by atoms with E-state index in [0.717, 1.165) is 32.8 Å². The summed E-state index contributed by atoms with van der Waals surface area (Å²) in [5.41, 5.74) is 0.227. The number of amides is 1. The van der Waals surface area contributed by atoms with E-state index in [2.05, 4.69) is 5.32 Å². The van der Waals surface area contributed by atoms with Gasteiger partial charge in [0.2, 0.25) is 0 Å². The first-order chi connectivity index (χ1) is 10.7. The van der Waals surface area contributed by atoms with Crippen molar-refractivity contribution in [3.05, 3.63) is 46.3 Å². The van der Waals surface area contributed by atoms with Crippen LogP contribution in [-0.4, -0.2) is 45.3 Å². The van der Waals surface area contributed by atoms with E-state index in [1.807, 2.05) is 0 Å². The van der Waals surface area contributed by atoms with Crippen LogP contribution in [0.2, 0.25) is 0 Å². The van der Waals surface area contributed by atoms with E-state index in [0.29, 0.717) is 17.5 Å². The zero-order valence-corrected chi connectivity index (χ0v) is 12.3. The van der Waals surface area contributed by atoms with Crippen molar-refractivity contribution in [2.45, 2.75) is 0 Å². The average Bonchev–Trinajstić information content (AvgIpc) is 2.56. The Balaban J connectivity index is 1.63. The van der Waals surface area contributed by atoms with Crippen LogP contribution in [0.4, 0.5) is 0 Å². The number of carbonyl (C=O) groups excluding carboxylic acids is 1. The second kappa shape index (κ2) is 6.72. The number of morpholine rings is 1. The Hall–Kier alpha value is -2.18. The fourth-order valence-corrected chi connectivity index (χ4v) is 2.57. The van der Waals surface area contributed by atoms with Crippen LogP contribution in [-0.2, 0) is 4.74 Å². The first kappa shape index (κ1) is 14.7. The number of para-hydroxylation sites is 1. The van der Waals surface area contributed by atoms with Crippen LogP contribution < -0.4 is 15.6 Å². The summed E-state index contributed by atoms with van der Waals surface area (Å²) in [4.78, 5) is 25.5. The van der Waals surface area contributed by atoms with Gasteiger partial charge >= 0.3 is 0 Å². The Morgan fingerprint density at radius 3 is 2.82 bits per heavy atom. The zero-order chi connectivity index (χ0) is 15.4. The van der Waals surface area contributed by atoms with Crippen molar-refractivity contribution in [1.82, 2.24) is 5.32 Å². The molecule has 0 atom stereocenters. The molecule has 0 spiro atoms. The number of ether oxygens (including phenoxy) is 1. The predicted molar refractivity (Wildman–Crippen MR) is 81.2 cm³/mol. The van der Waals surface area contributed by atoms with Gasteiger partial charge in [-0.05, 0) is 12.1 Å². The number of quaternary nitrogens is 1. The number of hydrogen-bond acceptors (Lipinski definition) is 4. The summed E-state index contributed by atoms with van der Waals surface area (Å²) in [6.45, 7) is 4.84. The molecule has 2 heterocycles. The van der Waals surface area contributed by atoms with Crippen molar-refractivity contribution < 1.29 is 18.8 Å². The maximum atomic E-state index is 12.1. The second-order valence-corrected chi connectivity index (χ2v) is 5.34. The molecule has 6 heteroatoms. The molecular formula is C16H19N2O4+. The molecule has 1 saturated heterocycles. The number of carbonyl (C=O) groups is 1. The van der Waals surface area contributed by atoms with Crippen LogP contribution in [0, 0.1) is 0 Å². The van der Waals surface area contributed by atoms with Crippen molar-refractivity contribution in [2.24, 2.45) is 0 Å². The monoisotopic (exact) mass is 303 g/mol. The standard InChI is InChI=1S/C16H18N2O4/c19-13-11-15(22-14-4-2-1-3-12(13)14)16(20)17-5-6-18-7-9-21-10-8-18/h1-4,11H,5-10H2,(H,17,20)/p+1. The minimum atomic E-state index is -0.351. The molecule has 22 heavy (non-hydrogen) atoms. The maximum Gasteiger partial charge on any atom is 0.287 e. The Morgan fingerprint density at radius 2 is 2.00 bits per heavy atom. The summed E-state index contributed by atoms with van der Waals surface area (Å²) in [6.07, 6.45) is 0. The van der Waals surface area contributed by atoms with Gasteiger partial charge in [-0.15, -0.1) is 0 Å². The lowest BCUT2D eigenvalue weighted by atomic mass is 10.2. The Labute approximate surface area is 127 Å². The van der Waals surface area contributed by atoms with Crippen LogP contribution in [0.25, 0.3) is 11.0 Å². The minimum Gasteiger partial charge on any atom is -0.451 e. The van der Waals surface area contributed by atoms with Crippen LogP contribution in [0.3, 0.4) is 0 Å². The van der Waals surface area contributed by atoms with Crippen molar-refractivity contribution in [3.8, 4) is 0 Å². The molecule has 116 valence electrons. The third kappa shape index (κ3) is 3.35. The summed E-state index contributed by atoms with van der Waals surface area (Å²) in [6, 6.07) is 8.16. The van der Waals surface area contributed by atoms with Gasteiger partial charge in [0, 0.05) is 6.07 Å². The van der Waals surface area contributed by atoms with Gasteiger partial charge in [0.05, 0.1) is 31.7 Å². The highest BCUT2D eigenvalue weighted by atomic mass is 16.5. The molecule has 2 aromatic rings. The van der Waals surface area contributed by atoms with Gasteiger partial charge in [0.15, 0.2) is 11.2 Å². The highest BCUT2D eigenvalue weighted by Gasteiger charge is 2.15. The number of nitrogens with one attached hydrogen (secondary N) is 2. The van der Waals surface area contributed by atoms with Crippen LogP contribution >= 0.6 is 0 Å². The molecule has 0 unspecified atom stereocenters. The number of hydrogen-bond donors (Lipinski definition) is 2. The molecule has 1 aromatic heterocycles. The molecule has 3 rings (SSSR count). The van der Waals surface area contributed by atoms with E-state index in [1.54, 1.807) is 24.3 Å². The first-order valence-corrected chi connectivity index (χ1v) is 7.46. The summed E-state index contributed by atoms with van der Waals surface area (Å²) in [7, 11) is 0. The van der Waals surface area contributed by atoms with E-state index < -0.39 is 0 Å². The van der Waals surface area contributed by atoms with Gasteiger partial charge < -0.3 is 19.4 Å². The van der Waals surface area contributed by atoms with Crippen LogP contribution in [0.1, 0.15) is 10.6 Å². The Morgan fingerprint density at radius 1 is 1.23 bits per heavy atom. The number of fused-ring (bicyclic) bond motifs is 1.